The number of ether oxygens (including phenoxy) is 1. The molecule has 2 aromatic carbocycles. The van der Waals surface area contributed by atoms with Gasteiger partial charge in [-0.05, 0) is 61.6 Å². The summed E-state index contributed by atoms with van der Waals surface area (Å²) in [5.41, 5.74) is 3.63. The van der Waals surface area contributed by atoms with Crippen LogP contribution in [0.25, 0.3) is 0 Å². The van der Waals surface area contributed by atoms with Gasteiger partial charge in [0.05, 0.1) is 7.11 Å². The molecule has 0 saturated carbocycles. The summed E-state index contributed by atoms with van der Waals surface area (Å²) in [6, 6.07) is 15.1. The molecule has 0 radical (unpaired) electrons. The largest absolute Gasteiger partial charge is 0.497 e. The van der Waals surface area contributed by atoms with Crippen LogP contribution in [-0.4, -0.2) is 13.4 Å². The minimum Gasteiger partial charge on any atom is -0.497 e. The van der Waals surface area contributed by atoms with Gasteiger partial charge in [-0.15, -0.1) is 11.8 Å². The molecule has 1 N–H and O–H groups in total. The summed E-state index contributed by atoms with van der Waals surface area (Å²) in [7, 11) is 1.69. The van der Waals surface area contributed by atoms with Gasteiger partial charge in [0.1, 0.15) is 5.75 Å². The maximum atomic E-state index is 5.24. The second-order valence-electron chi connectivity index (χ2n) is 4.82. The zero-order valence-corrected chi connectivity index (χ0v) is 13.3. The Balaban J connectivity index is 2.12. The van der Waals surface area contributed by atoms with Crippen molar-refractivity contribution in [1.29, 1.82) is 0 Å². The second-order valence-corrected chi connectivity index (χ2v) is 5.70. The third kappa shape index (κ3) is 3.48. The van der Waals surface area contributed by atoms with Crippen molar-refractivity contribution in [1.82, 2.24) is 0 Å². The van der Waals surface area contributed by atoms with E-state index in [0.29, 0.717) is 0 Å². The first-order valence-corrected chi connectivity index (χ1v) is 7.91. The maximum absolute atomic E-state index is 5.24. The standard InChI is InChI=1S/C17H21NOS/c1-12-11-15(19-3)7-10-17(12)18-13(2)14-5-8-16(20-4)9-6-14/h5-11,13,18H,1-4H3. The minimum absolute atomic E-state index is 0.276. The quantitative estimate of drug-likeness (QED) is 0.790. The van der Waals surface area contributed by atoms with Crippen molar-refractivity contribution in [2.75, 3.05) is 18.7 Å². The number of rotatable bonds is 5. The Bertz CT molecular complexity index is 566. The molecule has 0 fully saturated rings. The first kappa shape index (κ1) is 14.8. The Hall–Kier alpha value is -1.61. The summed E-state index contributed by atoms with van der Waals surface area (Å²) < 4.78 is 5.24. The van der Waals surface area contributed by atoms with Gasteiger partial charge < -0.3 is 10.1 Å². The summed E-state index contributed by atoms with van der Waals surface area (Å²) in [6.07, 6.45) is 2.09. The van der Waals surface area contributed by atoms with Crippen molar-refractivity contribution in [2.45, 2.75) is 24.8 Å². The Morgan fingerprint density at radius 2 is 1.80 bits per heavy atom. The van der Waals surface area contributed by atoms with Crippen molar-refractivity contribution in [2.24, 2.45) is 0 Å². The highest BCUT2D eigenvalue weighted by Crippen LogP contribution is 2.26. The van der Waals surface area contributed by atoms with E-state index in [-0.39, 0.29) is 6.04 Å². The highest BCUT2D eigenvalue weighted by Gasteiger charge is 2.07. The molecule has 1 atom stereocenters. The lowest BCUT2D eigenvalue weighted by Crippen LogP contribution is -2.07. The molecule has 0 aliphatic carbocycles. The van der Waals surface area contributed by atoms with E-state index >= 15 is 0 Å². The summed E-state index contributed by atoms with van der Waals surface area (Å²) in [5, 5.41) is 3.55. The maximum Gasteiger partial charge on any atom is 0.119 e. The lowest BCUT2D eigenvalue weighted by Gasteiger charge is -2.18. The van der Waals surface area contributed by atoms with Crippen LogP contribution in [0.2, 0.25) is 0 Å². The van der Waals surface area contributed by atoms with Gasteiger partial charge in [-0.1, -0.05) is 12.1 Å². The Morgan fingerprint density at radius 1 is 1.10 bits per heavy atom. The normalized spacial score (nSPS) is 12.0. The van der Waals surface area contributed by atoms with Gasteiger partial charge in [0.25, 0.3) is 0 Å². The highest BCUT2D eigenvalue weighted by molar-refractivity contribution is 7.98. The lowest BCUT2D eigenvalue weighted by atomic mass is 10.1. The van der Waals surface area contributed by atoms with E-state index in [1.54, 1.807) is 18.9 Å². The van der Waals surface area contributed by atoms with Crippen molar-refractivity contribution < 1.29 is 4.74 Å². The summed E-state index contributed by atoms with van der Waals surface area (Å²) in [4.78, 5) is 1.29. The average Bonchev–Trinajstić information content (AvgIpc) is 2.49. The number of anilines is 1. The third-order valence-electron chi connectivity index (χ3n) is 3.42. The van der Waals surface area contributed by atoms with Crippen molar-refractivity contribution in [3.8, 4) is 5.75 Å². The Morgan fingerprint density at radius 3 is 2.35 bits per heavy atom. The van der Waals surface area contributed by atoms with Crippen LogP contribution in [0.3, 0.4) is 0 Å². The first-order valence-electron chi connectivity index (χ1n) is 6.69. The number of aryl methyl sites for hydroxylation is 1. The molecule has 0 heterocycles. The van der Waals surface area contributed by atoms with Crippen LogP contribution in [0, 0.1) is 6.92 Å². The first-order chi connectivity index (χ1) is 9.63. The van der Waals surface area contributed by atoms with E-state index in [2.05, 4.69) is 55.8 Å². The number of benzene rings is 2. The van der Waals surface area contributed by atoms with E-state index < -0.39 is 0 Å². The van der Waals surface area contributed by atoms with Crippen LogP contribution in [0.5, 0.6) is 5.75 Å². The van der Waals surface area contributed by atoms with E-state index in [1.165, 1.54) is 16.0 Å². The van der Waals surface area contributed by atoms with Crippen molar-refractivity contribution in [3.05, 3.63) is 53.6 Å². The second kappa shape index (κ2) is 6.71. The van der Waals surface area contributed by atoms with Gasteiger partial charge in [-0.2, -0.15) is 0 Å². The smallest absolute Gasteiger partial charge is 0.119 e. The van der Waals surface area contributed by atoms with Gasteiger partial charge in [0, 0.05) is 16.6 Å². The molecular weight excluding hydrogens is 266 g/mol. The van der Waals surface area contributed by atoms with Gasteiger partial charge in [-0.3, -0.25) is 0 Å². The number of hydrogen-bond donors (Lipinski definition) is 1. The predicted octanol–water partition coefficient (Wildman–Crippen LogP) is 4.90. The molecule has 0 bridgehead atoms. The monoisotopic (exact) mass is 287 g/mol. The van der Waals surface area contributed by atoms with Crippen LogP contribution >= 0.6 is 11.8 Å². The van der Waals surface area contributed by atoms with Crippen molar-refractivity contribution >= 4 is 17.4 Å². The summed E-state index contributed by atoms with van der Waals surface area (Å²) in [6.45, 7) is 4.27. The molecule has 0 aliphatic rings. The number of hydrogen-bond acceptors (Lipinski definition) is 3. The molecule has 2 nitrogen and oxygen atoms in total. The number of methoxy groups -OCH3 is 1. The minimum atomic E-state index is 0.276. The van der Waals surface area contributed by atoms with E-state index in [1.807, 2.05) is 12.1 Å². The van der Waals surface area contributed by atoms with E-state index in [4.69, 9.17) is 4.74 Å². The Kier molecular flexibility index (Phi) is 4.96. The third-order valence-corrected chi connectivity index (χ3v) is 4.16. The fraction of sp³-hybridized carbons (Fsp3) is 0.294. The lowest BCUT2D eigenvalue weighted by molar-refractivity contribution is 0.414. The van der Waals surface area contributed by atoms with Gasteiger partial charge in [0.2, 0.25) is 0 Å². The number of thioether (sulfide) groups is 1. The molecule has 106 valence electrons. The van der Waals surface area contributed by atoms with Gasteiger partial charge in [-0.25, -0.2) is 0 Å². The molecule has 0 saturated heterocycles. The molecule has 3 heteroatoms. The zero-order chi connectivity index (χ0) is 14.5. The molecule has 2 aromatic rings. The molecule has 0 aromatic heterocycles. The summed E-state index contributed by atoms with van der Waals surface area (Å²) >= 11 is 1.77. The van der Waals surface area contributed by atoms with Crippen LogP contribution in [0.4, 0.5) is 5.69 Å². The predicted molar refractivity (Wildman–Crippen MR) is 88.0 cm³/mol. The van der Waals surface area contributed by atoms with Crippen LogP contribution in [-0.2, 0) is 0 Å². The fourth-order valence-electron chi connectivity index (χ4n) is 2.13. The molecule has 0 amide bonds. The molecular formula is C17H21NOS. The van der Waals surface area contributed by atoms with Crippen molar-refractivity contribution in [3.63, 3.8) is 0 Å². The number of nitrogens with one attached hydrogen (secondary N) is 1. The molecule has 1 unspecified atom stereocenters. The van der Waals surface area contributed by atoms with E-state index in [0.717, 1.165) is 11.4 Å². The van der Waals surface area contributed by atoms with Crippen LogP contribution in [0.1, 0.15) is 24.1 Å². The fourth-order valence-corrected chi connectivity index (χ4v) is 2.54. The topological polar surface area (TPSA) is 21.3 Å². The average molecular weight is 287 g/mol. The van der Waals surface area contributed by atoms with Gasteiger partial charge >= 0.3 is 0 Å². The molecule has 0 aliphatic heterocycles. The Labute approximate surface area is 125 Å². The highest BCUT2D eigenvalue weighted by atomic mass is 32.2. The van der Waals surface area contributed by atoms with Gasteiger partial charge in [0.15, 0.2) is 0 Å². The van der Waals surface area contributed by atoms with Crippen LogP contribution in [0.15, 0.2) is 47.4 Å². The zero-order valence-electron chi connectivity index (χ0n) is 12.4. The SMILES string of the molecule is COc1ccc(NC(C)c2ccc(SC)cc2)c(C)c1. The molecule has 0 spiro atoms. The van der Waals surface area contributed by atoms with E-state index in [9.17, 15) is 0 Å². The molecule has 2 rings (SSSR count). The summed E-state index contributed by atoms with van der Waals surface area (Å²) in [5.74, 6) is 0.894. The molecule has 20 heavy (non-hydrogen) atoms. The van der Waals surface area contributed by atoms with Crippen LogP contribution < -0.4 is 10.1 Å².